The van der Waals surface area contributed by atoms with Crippen LogP contribution in [0.15, 0.2) is 18.2 Å². The van der Waals surface area contributed by atoms with E-state index in [1.807, 2.05) is 25.1 Å². The second-order valence-electron chi connectivity index (χ2n) is 4.17. The van der Waals surface area contributed by atoms with Gasteiger partial charge in [0.25, 0.3) is 0 Å². The van der Waals surface area contributed by atoms with E-state index in [1.165, 1.54) is 0 Å². The number of carbonyl (C=O) groups excluding carboxylic acids is 2. The number of aryl methyl sites for hydroxylation is 1. The van der Waals surface area contributed by atoms with Gasteiger partial charge in [-0.3, -0.25) is 9.59 Å². The van der Waals surface area contributed by atoms with Gasteiger partial charge in [-0.1, -0.05) is 19.1 Å². The van der Waals surface area contributed by atoms with Crippen LogP contribution in [0.2, 0.25) is 0 Å². The molecular formula is C13H16N2O2. The normalized spacial score (nSPS) is 13.8. The van der Waals surface area contributed by atoms with E-state index in [2.05, 4.69) is 10.6 Å². The smallest absolute Gasteiger partial charge is 0.224 e. The molecule has 0 saturated heterocycles. The van der Waals surface area contributed by atoms with E-state index >= 15 is 0 Å². The Morgan fingerprint density at radius 2 is 2.24 bits per heavy atom. The van der Waals surface area contributed by atoms with Crippen molar-refractivity contribution in [2.24, 2.45) is 0 Å². The van der Waals surface area contributed by atoms with Gasteiger partial charge in [0.15, 0.2) is 0 Å². The molecule has 2 amide bonds. The molecule has 1 aromatic rings. The first-order valence-corrected chi connectivity index (χ1v) is 5.87. The Bertz CT molecular complexity index is 455. The summed E-state index contributed by atoms with van der Waals surface area (Å²) in [6.45, 7) is 2.38. The van der Waals surface area contributed by atoms with E-state index in [4.69, 9.17) is 0 Å². The molecule has 1 heterocycles. The summed E-state index contributed by atoms with van der Waals surface area (Å²) in [5, 5.41) is 5.67. The summed E-state index contributed by atoms with van der Waals surface area (Å²) >= 11 is 0. The number of amides is 2. The van der Waals surface area contributed by atoms with Gasteiger partial charge in [-0.25, -0.2) is 0 Å². The summed E-state index contributed by atoms with van der Waals surface area (Å²) in [6.07, 6.45) is 1.81. The Hall–Kier alpha value is -1.84. The van der Waals surface area contributed by atoms with Crippen LogP contribution in [0.1, 0.15) is 30.9 Å². The molecule has 4 nitrogen and oxygen atoms in total. The average Bonchev–Trinajstić information content (AvgIpc) is 2.35. The van der Waals surface area contributed by atoms with E-state index in [1.54, 1.807) is 0 Å². The van der Waals surface area contributed by atoms with Crippen LogP contribution in [0, 0.1) is 0 Å². The van der Waals surface area contributed by atoms with Crippen molar-refractivity contribution in [1.82, 2.24) is 5.32 Å². The molecule has 1 aromatic carbocycles. The minimum Gasteiger partial charge on any atom is -0.352 e. The van der Waals surface area contributed by atoms with Gasteiger partial charge in [-0.2, -0.15) is 0 Å². The molecule has 0 radical (unpaired) electrons. The summed E-state index contributed by atoms with van der Waals surface area (Å²) in [5.41, 5.74) is 3.11. The molecule has 0 bridgehead atoms. The largest absolute Gasteiger partial charge is 0.352 e. The van der Waals surface area contributed by atoms with Crippen molar-refractivity contribution in [3.8, 4) is 0 Å². The Morgan fingerprint density at radius 1 is 1.41 bits per heavy atom. The zero-order valence-corrected chi connectivity index (χ0v) is 9.88. The van der Waals surface area contributed by atoms with Gasteiger partial charge in [-0.15, -0.1) is 0 Å². The van der Waals surface area contributed by atoms with Gasteiger partial charge in [-0.05, 0) is 23.6 Å². The summed E-state index contributed by atoms with van der Waals surface area (Å²) in [7, 11) is 0. The minimum atomic E-state index is 0.0519. The van der Waals surface area contributed by atoms with E-state index < -0.39 is 0 Å². The van der Waals surface area contributed by atoms with Crippen LogP contribution in [0.3, 0.4) is 0 Å². The molecule has 0 fully saturated rings. The van der Waals surface area contributed by atoms with Gasteiger partial charge >= 0.3 is 0 Å². The highest BCUT2D eigenvalue weighted by atomic mass is 16.2. The average molecular weight is 232 g/mol. The maximum absolute atomic E-state index is 11.2. The number of carbonyl (C=O) groups is 2. The second-order valence-corrected chi connectivity index (χ2v) is 4.17. The number of hydrogen-bond acceptors (Lipinski definition) is 2. The predicted molar refractivity (Wildman–Crippen MR) is 65.5 cm³/mol. The monoisotopic (exact) mass is 232 g/mol. The van der Waals surface area contributed by atoms with Crippen molar-refractivity contribution in [2.45, 2.75) is 32.7 Å². The Balaban J connectivity index is 2.06. The van der Waals surface area contributed by atoms with Crippen LogP contribution >= 0.6 is 0 Å². The van der Waals surface area contributed by atoms with E-state index in [9.17, 15) is 9.59 Å². The number of anilines is 1. The topological polar surface area (TPSA) is 58.2 Å². The third-order valence-corrected chi connectivity index (χ3v) is 2.88. The maximum atomic E-state index is 11.2. The lowest BCUT2D eigenvalue weighted by molar-refractivity contribution is -0.121. The number of hydrogen-bond donors (Lipinski definition) is 2. The Morgan fingerprint density at radius 3 is 3.00 bits per heavy atom. The SMILES string of the molecule is CCC(=O)NCc1ccc2c(c1)CCC(=O)N2. The van der Waals surface area contributed by atoms with Crippen LogP contribution in [-0.4, -0.2) is 11.8 Å². The van der Waals surface area contributed by atoms with Crippen LogP contribution in [0.5, 0.6) is 0 Å². The molecule has 90 valence electrons. The van der Waals surface area contributed by atoms with Crippen LogP contribution < -0.4 is 10.6 Å². The van der Waals surface area contributed by atoms with Gasteiger partial charge < -0.3 is 10.6 Å². The molecule has 17 heavy (non-hydrogen) atoms. The molecule has 0 atom stereocenters. The lowest BCUT2D eigenvalue weighted by Crippen LogP contribution is -2.22. The highest BCUT2D eigenvalue weighted by Gasteiger charge is 2.14. The van der Waals surface area contributed by atoms with Crippen molar-refractivity contribution in [3.63, 3.8) is 0 Å². The molecule has 0 unspecified atom stereocenters. The molecule has 2 rings (SSSR count). The number of rotatable bonds is 3. The number of fused-ring (bicyclic) bond motifs is 1. The number of nitrogens with one attached hydrogen (secondary N) is 2. The first-order valence-electron chi connectivity index (χ1n) is 5.87. The molecular weight excluding hydrogens is 216 g/mol. The fraction of sp³-hybridized carbons (Fsp3) is 0.385. The zero-order valence-electron chi connectivity index (χ0n) is 9.88. The third-order valence-electron chi connectivity index (χ3n) is 2.88. The summed E-state index contributed by atoms with van der Waals surface area (Å²) < 4.78 is 0. The summed E-state index contributed by atoms with van der Waals surface area (Å²) in [5.74, 6) is 0.126. The molecule has 0 spiro atoms. The fourth-order valence-corrected chi connectivity index (χ4v) is 1.87. The lowest BCUT2D eigenvalue weighted by Gasteiger charge is -2.17. The summed E-state index contributed by atoms with van der Waals surface area (Å²) in [6, 6.07) is 5.88. The minimum absolute atomic E-state index is 0.0519. The van der Waals surface area contributed by atoms with E-state index in [-0.39, 0.29) is 11.8 Å². The first kappa shape index (κ1) is 11.6. The number of benzene rings is 1. The Kier molecular flexibility index (Phi) is 3.42. The third kappa shape index (κ3) is 2.84. The van der Waals surface area contributed by atoms with E-state index in [0.29, 0.717) is 19.4 Å². The van der Waals surface area contributed by atoms with Gasteiger partial charge in [0.1, 0.15) is 0 Å². The maximum Gasteiger partial charge on any atom is 0.224 e. The first-order chi connectivity index (χ1) is 8.19. The molecule has 1 aliphatic rings. The molecule has 4 heteroatoms. The van der Waals surface area contributed by atoms with Crippen molar-refractivity contribution in [3.05, 3.63) is 29.3 Å². The molecule has 0 aliphatic carbocycles. The van der Waals surface area contributed by atoms with Crippen molar-refractivity contribution in [2.75, 3.05) is 5.32 Å². The van der Waals surface area contributed by atoms with Gasteiger partial charge in [0, 0.05) is 25.1 Å². The lowest BCUT2D eigenvalue weighted by atomic mass is 10.0. The summed E-state index contributed by atoms with van der Waals surface area (Å²) in [4.78, 5) is 22.3. The standard InChI is InChI=1S/C13H16N2O2/c1-2-12(16)14-8-9-3-5-11-10(7-9)4-6-13(17)15-11/h3,5,7H,2,4,6,8H2,1H3,(H,14,16)(H,15,17). The van der Waals surface area contributed by atoms with E-state index in [0.717, 1.165) is 23.2 Å². The van der Waals surface area contributed by atoms with Crippen LogP contribution in [0.25, 0.3) is 0 Å². The molecule has 0 aromatic heterocycles. The molecule has 1 aliphatic heterocycles. The van der Waals surface area contributed by atoms with Crippen molar-refractivity contribution in [1.29, 1.82) is 0 Å². The highest BCUT2D eigenvalue weighted by molar-refractivity contribution is 5.93. The highest BCUT2D eigenvalue weighted by Crippen LogP contribution is 2.23. The van der Waals surface area contributed by atoms with Crippen LogP contribution in [0.4, 0.5) is 5.69 Å². The van der Waals surface area contributed by atoms with Crippen LogP contribution in [-0.2, 0) is 22.6 Å². The second kappa shape index (κ2) is 4.99. The van der Waals surface area contributed by atoms with Crippen molar-refractivity contribution >= 4 is 17.5 Å². The van der Waals surface area contributed by atoms with Crippen molar-refractivity contribution < 1.29 is 9.59 Å². The van der Waals surface area contributed by atoms with Gasteiger partial charge in [0.05, 0.1) is 0 Å². The quantitative estimate of drug-likeness (QED) is 0.831. The molecule has 0 saturated carbocycles. The predicted octanol–water partition coefficient (Wildman–Crippen LogP) is 1.60. The zero-order chi connectivity index (χ0) is 12.3. The fourth-order valence-electron chi connectivity index (χ4n) is 1.87. The van der Waals surface area contributed by atoms with Gasteiger partial charge in [0.2, 0.25) is 11.8 Å². The molecule has 2 N–H and O–H groups in total. The Labute approximate surface area is 100 Å².